The Morgan fingerprint density at radius 2 is 1.68 bits per heavy atom. The van der Waals surface area contributed by atoms with Gasteiger partial charge in [-0.3, -0.25) is 27.5 Å². The number of aromatic nitrogens is 5. The molecule has 71 heavy (non-hydrogen) atoms. The number of carbonyl (C=O) groups excluding carboxylic acids is 2. The Morgan fingerprint density at radius 3 is 2.27 bits per heavy atom. The summed E-state index contributed by atoms with van der Waals surface area (Å²) in [6.07, 6.45) is -9.82. The number of rotatable bonds is 14. The Bertz CT molecular complexity index is 3250. The first-order valence-electron chi connectivity index (χ1n) is 20.4. The monoisotopic (exact) mass is 1060 g/mol. The molecule has 4 atom stereocenters. The van der Waals surface area contributed by atoms with Crippen LogP contribution in [0.5, 0.6) is 0 Å². The Kier molecular flexibility index (Phi) is 13.8. The van der Waals surface area contributed by atoms with E-state index in [1.807, 2.05) is 0 Å². The van der Waals surface area contributed by atoms with Crippen LogP contribution in [-0.2, 0) is 73.6 Å². The van der Waals surface area contributed by atoms with Crippen molar-refractivity contribution < 1.29 is 80.6 Å². The van der Waals surface area contributed by atoms with E-state index in [9.17, 15) is 66.7 Å². The van der Waals surface area contributed by atoms with Gasteiger partial charge in [0.25, 0.3) is 11.8 Å². The molecule has 2 aliphatic carbocycles. The van der Waals surface area contributed by atoms with E-state index >= 15 is 8.78 Å². The number of amides is 2. The number of aliphatic carboxylic acids is 1. The molecular weight excluding hydrogens is 1030 g/mol. The summed E-state index contributed by atoms with van der Waals surface area (Å²) in [6.45, 7) is -1.92. The largest absolute Gasteiger partial charge is 0.755 e. The second-order valence-corrected chi connectivity index (χ2v) is 20.8. The summed E-state index contributed by atoms with van der Waals surface area (Å²) >= 11 is 3.05. The molecule has 1 fully saturated rings. The summed E-state index contributed by atoms with van der Waals surface area (Å²) < 4.78 is 195. The standard InChI is InChI=1S/C43H34ClF10N7O8S2/c1-40(2,71(3,68)69)11-10-23-4-5-24(25-6-7-28(44)35-30(57-60(37(25)35)19-41(47,48)49)17-61(70(66)67)32(63)8-9-33(64)65)36(55-23)29(14-20-12-21(45)15-22(46)13-20)56-31(62)18-59-39-34(38(58-59)43(52,53)54)26-16-27(26)42(39,50)51/h4-9,12-13,15,26-27,29H,14,16-19H2,1-3H3,(H,56,62)(H,64,65)(H,66,67)/p-1/b9-8+/t26-,27+,29?/m0/s1. The zero-order valence-electron chi connectivity index (χ0n) is 36.4. The van der Waals surface area contributed by atoms with Gasteiger partial charge in [-0.25, -0.2) is 27.0 Å². The summed E-state index contributed by atoms with van der Waals surface area (Å²) in [7, 11) is -3.91. The zero-order chi connectivity index (χ0) is 52.5. The van der Waals surface area contributed by atoms with Crippen LogP contribution in [0.4, 0.5) is 43.9 Å². The second kappa shape index (κ2) is 18.7. The van der Waals surface area contributed by atoms with Gasteiger partial charge in [0.05, 0.1) is 45.8 Å². The first-order chi connectivity index (χ1) is 32.8. The highest BCUT2D eigenvalue weighted by molar-refractivity contribution is 7.92. The van der Waals surface area contributed by atoms with E-state index in [1.54, 1.807) is 0 Å². The topological polar surface area (TPSA) is 210 Å². The average molecular weight is 1070 g/mol. The number of benzene rings is 2. The van der Waals surface area contributed by atoms with Crippen LogP contribution in [0.25, 0.3) is 22.0 Å². The van der Waals surface area contributed by atoms with Gasteiger partial charge < -0.3 is 15.0 Å². The van der Waals surface area contributed by atoms with E-state index in [0.29, 0.717) is 16.8 Å². The number of carbonyl (C=O) groups is 3. The molecule has 2 amide bonds. The van der Waals surface area contributed by atoms with Crippen LogP contribution in [0.3, 0.4) is 0 Å². The van der Waals surface area contributed by atoms with Crippen molar-refractivity contribution in [2.24, 2.45) is 5.92 Å². The van der Waals surface area contributed by atoms with Gasteiger partial charge in [-0.1, -0.05) is 23.6 Å². The highest BCUT2D eigenvalue weighted by Gasteiger charge is 2.68. The molecule has 5 aromatic rings. The minimum atomic E-state index is -5.23. The van der Waals surface area contributed by atoms with Gasteiger partial charge in [0.15, 0.2) is 15.5 Å². The molecule has 2 N–H and O–H groups in total. The lowest BCUT2D eigenvalue weighted by Gasteiger charge is -2.23. The minimum Gasteiger partial charge on any atom is -0.755 e. The molecule has 1 saturated carbocycles. The molecular formula is C43H33ClF10N7O8S2-. The number of hydrogen-bond donors (Lipinski definition) is 2. The van der Waals surface area contributed by atoms with Crippen molar-refractivity contribution in [3.63, 3.8) is 0 Å². The van der Waals surface area contributed by atoms with Crippen molar-refractivity contribution >= 4 is 61.4 Å². The number of carboxylic acid groups (broad SMARTS) is 1. The summed E-state index contributed by atoms with van der Waals surface area (Å²) in [6, 6.07) is 4.79. The molecule has 15 nitrogen and oxygen atoms in total. The minimum absolute atomic E-state index is 0.00977. The third-order valence-corrected chi connectivity index (χ3v) is 14.4. The highest BCUT2D eigenvalue weighted by atomic mass is 35.5. The van der Waals surface area contributed by atoms with Gasteiger partial charge in [0, 0.05) is 52.5 Å². The zero-order valence-corrected chi connectivity index (χ0v) is 38.8. The maximum absolute atomic E-state index is 15.5. The van der Waals surface area contributed by atoms with Crippen LogP contribution in [0.1, 0.15) is 71.8 Å². The van der Waals surface area contributed by atoms with Crippen molar-refractivity contribution in [2.45, 2.75) is 81.3 Å². The van der Waals surface area contributed by atoms with Crippen molar-refractivity contribution in [3.8, 4) is 23.0 Å². The fourth-order valence-corrected chi connectivity index (χ4v) is 8.96. The third-order valence-electron chi connectivity index (χ3n) is 11.5. The third kappa shape index (κ3) is 10.9. The summed E-state index contributed by atoms with van der Waals surface area (Å²) in [5.74, 6) is -8.26. The molecule has 28 heteroatoms. The van der Waals surface area contributed by atoms with Gasteiger partial charge >= 0.3 is 18.3 Å². The fraction of sp³-hybridized carbons (Fsp3) is 0.349. The SMILES string of the molecule is CC(C)(C#Cc1ccc(-c2ccc(Cl)c3c(CN(C(=O)/C=C/C(=O)O)S(=O)[O-])nn(CC(F)(F)F)c23)c(C(Cc2cc(F)cc(F)c2)NC(=O)Cn2nc(C(F)(F)F)c3c2C(F)(F)[C@@H]2C[C@H]32)n1)S(C)(=O)=O. The molecule has 378 valence electrons. The van der Waals surface area contributed by atoms with E-state index in [0.717, 1.165) is 42.7 Å². The Labute approximate surface area is 402 Å². The summed E-state index contributed by atoms with van der Waals surface area (Å²) in [5, 5.41) is 17.9. The molecule has 7 rings (SSSR count). The summed E-state index contributed by atoms with van der Waals surface area (Å²) in [4.78, 5) is 42.5. The molecule has 3 heterocycles. The Balaban J connectivity index is 1.46. The number of fused-ring (bicyclic) bond motifs is 4. The lowest BCUT2D eigenvalue weighted by Crippen LogP contribution is -2.35. The molecule has 0 bridgehead atoms. The molecule has 3 aromatic heterocycles. The number of alkyl halides is 8. The van der Waals surface area contributed by atoms with Crippen LogP contribution in [0.15, 0.2) is 54.6 Å². The maximum Gasteiger partial charge on any atom is 0.435 e. The molecule has 2 aliphatic rings. The van der Waals surface area contributed by atoms with E-state index in [2.05, 4.69) is 32.3 Å². The van der Waals surface area contributed by atoms with E-state index < -0.39 is 162 Å². The van der Waals surface area contributed by atoms with Crippen molar-refractivity contribution in [3.05, 3.63) is 111 Å². The Morgan fingerprint density at radius 1 is 1.03 bits per heavy atom. The van der Waals surface area contributed by atoms with Gasteiger partial charge in [-0.05, 0) is 74.4 Å². The number of nitrogens with zero attached hydrogens (tertiary/aromatic N) is 6. The molecule has 0 radical (unpaired) electrons. The number of carboxylic acids is 1. The lowest BCUT2D eigenvalue weighted by molar-refractivity contribution is -0.143. The number of halogens is 11. The first kappa shape index (κ1) is 52.5. The normalized spacial score (nSPS) is 17.3. The number of nitrogens with one attached hydrogen (secondary N) is 1. The predicted molar refractivity (Wildman–Crippen MR) is 229 cm³/mol. The van der Waals surface area contributed by atoms with Gasteiger partial charge in [0.2, 0.25) is 5.91 Å². The summed E-state index contributed by atoms with van der Waals surface area (Å²) in [5.41, 5.74) is -6.36. The number of sulfone groups is 1. The van der Waals surface area contributed by atoms with Crippen molar-refractivity contribution in [2.75, 3.05) is 6.26 Å². The highest BCUT2D eigenvalue weighted by Crippen LogP contribution is 2.68. The van der Waals surface area contributed by atoms with E-state index in [4.69, 9.17) is 16.7 Å². The quantitative estimate of drug-likeness (QED) is 0.0498. The van der Waals surface area contributed by atoms with Crippen LogP contribution in [-0.4, -0.2) is 86.1 Å². The fourth-order valence-electron chi connectivity index (χ4n) is 8.03. The lowest BCUT2D eigenvalue weighted by atomic mass is 9.93. The van der Waals surface area contributed by atoms with Crippen LogP contribution in [0, 0.1) is 29.4 Å². The van der Waals surface area contributed by atoms with Gasteiger partial charge in [0.1, 0.15) is 40.9 Å². The predicted octanol–water partition coefficient (Wildman–Crippen LogP) is 7.05. The van der Waals surface area contributed by atoms with Gasteiger partial charge in [-0.15, -0.1) is 0 Å². The molecule has 0 saturated heterocycles. The molecule has 0 aliphatic heterocycles. The van der Waals surface area contributed by atoms with E-state index in [1.165, 1.54) is 13.8 Å². The molecule has 0 spiro atoms. The van der Waals surface area contributed by atoms with Crippen molar-refractivity contribution in [1.29, 1.82) is 0 Å². The maximum atomic E-state index is 15.5. The van der Waals surface area contributed by atoms with E-state index in [-0.39, 0.29) is 43.9 Å². The van der Waals surface area contributed by atoms with Crippen LogP contribution in [0.2, 0.25) is 5.02 Å². The number of pyridine rings is 1. The van der Waals surface area contributed by atoms with Gasteiger partial charge in [-0.2, -0.15) is 45.3 Å². The smallest absolute Gasteiger partial charge is 0.435 e. The van der Waals surface area contributed by atoms with Crippen LogP contribution >= 0.6 is 11.6 Å². The van der Waals surface area contributed by atoms with Crippen molar-refractivity contribution in [1.82, 2.24) is 34.2 Å². The first-order valence-corrected chi connectivity index (χ1v) is 23.7. The average Bonchev–Trinajstić information content (AvgIpc) is 3.75. The molecule has 2 unspecified atom stereocenters. The number of hydrogen-bond acceptors (Lipinski definition) is 10. The molecule has 2 aromatic carbocycles. The Hall–Kier alpha value is -6.37. The van der Waals surface area contributed by atoms with Crippen LogP contribution < -0.4 is 5.32 Å². The second-order valence-electron chi connectivity index (χ2n) is 16.9.